The molecule has 11 heteroatoms. The molecule has 8 N–H and O–H groups in total. The molecule has 10 aliphatic rings. The van der Waals surface area contributed by atoms with Crippen molar-refractivity contribution in [3.63, 3.8) is 0 Å². The molecule has 0 aromatic heterocycles. The monoisotopic (exact) mass is 932 g/mol. The van der Waals surface area contributed by atoms with Crippen LogP contribution in [0.25, 0.3) is 11.1 Å². The van der Waals surface area contributed by atoms with Gasteiger partial charge in [-0.25, -0.2) is 0 Å². The van der Waals surface area contributed by atoms with E-state index in [4.69, 9.17) is 24.9 Å². The Hall–Kier alpha value is -4.45. The molecule has 13 rings (SSSR count). The molecule has 5 aliphatic heterocycles. The number of allylic oxidation sites excluding steroid dienone is 2. The van der Waals surface area contributed by atoms with Gasteiger partial charge in [-0.3, -0.25) is 4.99 Å². The summed E-state index contributed by atoms with van der Waals surface area (Å²) in [5.41, 5.74) is 13.5. The molecule has 11 nitrogen and oxygen atoms in total. The van der Waals surface area contributed by atoms with E-state index in [9.17, 15) is 25.5 Å². The van der Waals surface area contributed by atoms with Gasteiger partial charge in [-0.15, -0.1) is 0 Å². The van der Waals surface area contributed by atoms with Gasteiger partial charge >= 0.3 is 0 Å². The van der Waals surface area contributed by atoms with Crippen LogP contribution in [-0.2, 0) is 19.3 Å². The number of nitrogens with zero attached hydrogens (tertiary/aromatic N) is 1. The molecule has 1 spiro atoms. The quantitative estimate of drug-likeness (QED) is 0.122. The van der Waals surface area contributed by atoms with Crippen LogP contribution in [0.2, 0.25) is 0 Å². The molecule has 0 saturated heterocycles. The minimum absolute atomic E-state index is 0.0210. The number of aromatic hydroxyl groups is 2. The molecule has 3 saturated carbocycles. The lowest BCUT2D eigenvalue weighted by Gasteiger charge is -2.50. The van der Waals surface area contributed by atoms with E-state index in [0.29, 0.717) is 78.7 Å². The zero-order chi connectivity index (χ0) is 47.4. The van der Waals surface area contributed by atoms with E-state index in [1.807, 2.05) is 24.3 Å². The molecular formula is C57H77N3O8. The Labute approximate surface area is 403 Å². The van der Waals surface area contributed by atoms with Gasteiger partial charge in [-0.2, -0.15) is 0 Å². The summed E-state index contributed by atoms with van der Waals surface area (Å²) in [5.74, 6) is 4.20. The second-order valence-corrected chi connectivity index (χ2v) is 22.7. The summed E-state index contributed by atoms with van der Waals surface area (Å²) in [6.07, 6.45) is 15.8. The minimum Gasteiger partial charge on any atom is -0.508 e. The molecule has 3 aromatic rings. The normalized spacial score (nSPS) is 33.0. The van der Waals surface area contributed by atoms with Gasteiger partial charge in [-0.1, -0.05) is 58.3 Å². The fraction of sp³-hybridized carbons (Fsp3) is 0.632. The summed E-state index contributed by atoms with van der Waals surface area (Å²) in [4.78, 5) is 4.98. The van der Waals surface area contributed by atoms with Crippen LogP contribution in [0.3, 0.4) is 0 Å². The highest BCUT2D eigenvalue weighted by Crippen LogP contribution is 2.57. The molecule has 3 aromatic carbocycles. The molecule has 5 aliphatic carbocycles. The Bertz CT molecular complexity index is 2370. The average Bonchev–Trinajstić information content (AvgIpc) is 3.78. The zero-order valence-electron chi connectivity index (χ0n) is 40.8. The first kappa shape index (κ1) is 47.2. The number of aliphatic hydroxyl groups excluding tert-OH is 3. The van der Waals surface area contributed by atoms with E-state index in [-0.39, 0.29) is 65.3 Å². The lowest BCUT2D eigenvalue weighted by molar-refractivity contribution is -0.0722. The van der Waals surface area contributed by atoms with Gasteiger partial charge in [-0.05, 0) is 175 Å². The third-order valence-corrected chi connectivity index (χ3v) is 18.0. The Morgan fingerprint density at radius 2 is 1.68 bits per heavy atom. The second-order valence-electron chi connectivity index (χ2n) is 22.7. The van der Waals surface area contributed by atoms with Crippen LogP contribution in [-0.4, -0.2) is 76.6 Å². The van der Waals surface area contributed by atoms with E-state index in [0.717, 1.165) is 110 Å². The van der Waals surface area contributed by atoms with Crippen LogP contribution in [0.4, 0.5) is 0 Å². The van der Waals surface area contributed by atoms with Crippen molar-refractivity contribution in [1.29, 1.82) is 0 Å². The third kappa shape index (κ3) is 8.98. The molecule has 12 atom stereocenters. The molecule has 12 unspecified atom stereocenters. The third-order valence-electron chi connectivity index (χ3n) is 18.0. The molecular weight excluding hydrogens is 855 g/mol. The van der Waals surface area contributed by atoms with Crippen LogP contribution < -0.4 is 25.3 Å². The maximum atomic E-state index is 12.3. The fourth-order valence-electron chi connectivity index (χ4n) is 14.7. The van der Waals surface area contributed by atoms with E-state index < -0.39 is 18.3 Å². The topological polar surface area (TPSA) is 179 Å². The summed E-state index contributed by atoms with van der Waals surface area (Å²) in [6.45, 7) is 7.88. The lowest BCUT2D eigenvalue weighted by Crippen LogP contribution is -2.53. The molecule has 0 radical (unpaired) electrons. The standard InChI is InChI=1S/C57H77N3O8/c1-5-32-19-35-11-10-34(32)20-41(62)27-57(16-6-7-17-57)30-60-56(58)59-28-37-12-8-33-9-13-38(29-61)51(37)55(33)68-49-24-36(14-15-45(49)63)54-47(65)25-44-48(67-54)26-50(66-4)53-43-22-40(18-31(2)3)46(64)23-39(43)21-42(35)52(44)53/h10-11,14-15,22-24,26,31-35,37-38,41-42,47,51,54-55,61-65H,5-9,12-13,16-21,25,27-30H2,1-4H3,(H3,58,59,60). The Morgan fingerprint density at radius 1 is 0.897 bits per heavy atom. The van der Waals surface area contributed by atoms with Crippen molar-refractivity contribution in [3.8, 4) is 39.9 Å². The number of ether oxygens (including phenoxy) is 3. The molecule has 12 bridgehead atoms. The molecule has 0 amide bonds. The first-order chi connectivity index (χ1) is 32.8. The Balaban J connectivity index is 1.08. The smallest absolute Gasteiger partial charge is 0.188 e. The number of nitrogens with two attached hydrogens (primary N) is 1. The molecule has 3 fully saturated rings. The molecule has 68 heavy (non-hydrogen) atoms. The summed E-state index contributed by atoms with van der Waals surface area (Å²) in [7, 11) is 1.71. The summed E-state index contributed by atoms with van der Waals surface area (Å²) in [6, 6.07) is 11.5. The highest BCUT2D eigenvalue weighted by Gasteiger charge is 2.49. The van der Waals surface area contributed by atoms with E-state index in [2.05, 4.69) is 44.3 Å². The van der Waals surface area contributed by atoms with Crippen molar-refractivity contribution in [2.75, 3.05) is 26.8 Å². The van der Waals surface area contributed by atoms with Crippen LogP contribution in [0.5, 0.6) is 28.7 Å². The van der Waals surface area contributed by atoms with Crippen LogP contribution >= 0.6 is 0 Å². The second kappa shape index (κ2) is 19.4. The molecule has 5 heterocycles. The van der Waals surface area contributed by atoms with Crippen molar-refractivity contribution in [1.82, 2.24) is 5.32 Å². The summed E-state index contributed by atoms with van der Waals surface area (Å²) < 4.78 is 20.3. The number of hydrogen-bond acceptors (Lipinski definition) is 11. The van der Waals surface area contributed by atoms with E-state index in [1.165, 1.54) is 0 Å². The summed E-state index contributed by atoms with van der Waals surface area (Å²) in [5, 5.41) is 61.4. The van der Waals surface area contributed by atoms with Crippen molar-refractivity contribution < 1.29 is 39.7 Å². The lowest BCUT2D eigenvalue weighted by atomic mass is 9.60. The predicted molar refractivity (Wildman–Crippen MR) is 265 cm³/mol. The zero-order valence-corrected chi connectivity index (χ0v) is 40.8. The number of phenols is 2. The van der Waals surface area contributed by atoms with Gasteiger partial charge in [0.25, 0.3) is 0 Å². The van der Waals surface area contributed by atoms with Gasteiger partial charge in [0.2, 0.25) is 0 Å². The maximum Gasteiger partial charge on any atom is 0.188 e. The fourth-order valence-corrected chi connectivity index (χ4v) is 14.7. The predicted octanol–water partition coefficient (Wildman–Crippen LogP) is 9.28. The highest BCUT2D eigenvalue weighted by atomic mass is 16.5. The Kier molecular flexibility index (Phi) is 13.5. The van der Waals surface area contributed by atoms with Gasteiger partial charge < -0.3 is 50.8 Å². The van der Waals surface area contributed by atoms with Crippen molar-refractivity contribution in [2.24, 2.45) is 63.5 Å². The average molecular weight is 932 g/mol. The van der Waals surface area contributed by atoms with Gasteiger partial charge in [0, 0.05) is 49.2 Å². The van der Waals surface area contributed by atoms with Gasteiger partial charge in [0.05, 0.1) is 19.3 Å². The number of hydrogen-bond donors (Lipinski definition) is 7. The summed E-state index contributed by atoms with van der Waals surface area (Å²) >= 11 is 0. The number of nitrogens with one attached hydrogen (secondary N) is 1. The van der Waals surface area contributed by atoms with Gasteiger partial charge in [0.1, 0.15) is 29.5 Å². The van der Waals surface area contributed by atoms with Crippen LogP contribution in [0.1, 0.15) is 138 Å². The van der Waals surface area contributed by atoms with Crippen LogP contribution in [0.15, 0.2) is 53.5 Å². The van der Waals surface area contributed by atoms with E-state index >= 15 is 0 Å². The van der Waals surface area contributed by atoms with E-state index in [1.54, 1.807) is 13.2 Å². The molecule has 368 valence electrons. The van der Waals surface area contributed by atoms with Crippen LogP contribution in [0, 0.1) is 52.8 Å². The first-order valence-corrected chi connectivity index (χ1v) is 26.3. The number of guanidine groups is 1. The minimum atomic E-state index is -0.899. The van der Waals surface area contributed by atoms with Crippen molar-refractivity contribution >= 4 is 5.96 Å². The number of aliphatic imine (C=N–C) groups is 1. The number of methoxy groups -OCH3 is 1. The van der Waals surface area contributed by atoms with Crippen molar-refractivity contribution in [2.45, 2.75) is 147 Å². The van der Waals surface area contributed by atoms with Crippen molar-refractivity contribution in [3.05, 3.63) is 76.4 Å². The number of benzene rings is 3. The first-order valence-electron chi connectivity index (χ1n) is 26.3. The maximum absolute atomic E-state index is 12.3. The number of aliphatic hydroxyl groups is 3. The number of phenolic OH excluding ortho intramolecular Hbond substituents is 2. The SMILES string of the molecule is CCC1CC2C=CC1CC(O)CC1(CCCC1)CN=C(N)NCC1CCC3CCC(CO)C1C3Oc1cc(ccc1O)C1Oc3cc(OC)c4c(c3CC1O)C2Cc1cc(O)c(CC(C)C)cc1-4. The largest absolute Gasteiger partial charge is 0.508 e. The highest BCUT2D eigenvalue weighted by molar-refractivity contribution is 5.84. The van der Waals surface area contributed by atoms with Gasteiger partial charge in [0.15, 0.2) is 17.5 Å². The number of fused-ring (bicyclic) bond motifs is 2. The Morgan fingerprint density at radius 3 is 2.44 bits per heavy atom. The number of rotatable bonds is 5.